The normalized spacial score (nSPS) is 16.1. The van der Waals surface area contributed by atoms with E-state index in [0.717, 1.165) is 0 Å². The topological polar surface area (TPSA) is 226 Å². The molecule has 0 radical (unpaired) electrons. The number of halogens is 1. The van der Waals surface area contributed by atoms with Gasteiger partial charge in [-0.3, -0.25) is 38.8 Å². The Hall–Kier alpha value is -2.23. The number of carboxylic acid groups (broad SMARTS) is 3. The van der Waals surface area contributed by atoms with Crippen LogP contribution in [0.25, 0.3) is 0 Å². The maximum absolute atomic E-state index is 12.7. The summed E-state index contributed by atoms with van der Waals surface area (Å²) in [5.41, 5.74) is 5.33. The van der Waals surface area contributed by atoms with Gasteiger partial charge >= 0.3 is 17.9 Å². The first-order valence-electron chi connectivity index (χ1n) is 15.6. The number of aliphatic carboxylic acids is 3. The quantitative estimate of drug-likeness (QED) is 0.0599. The number of carbonyl (C=O) groups excluding carboxylic acids is 1. The number of carboxylic acids is 3. The fraction of sp³-hybridized carbons (Fsp3) is 0.857. The Balaban J connectivity index is 0.0000212. The Bertz CT molecular complexity index is 818. The first kappa shape index (κ1) is 44.8. The van der Waals surface area contributed by atoms with Crippen molar-refractivity contribution in [1.29, 1.82) is 0 Å². The van der Waals surface area contributed by atoms with Crippen molar-refractivity contribution in [3.05, 3.63) is 0 Å². The first-order chi connectivity index (χ1) is 22.2. The van der Waals surface area contributed by atoms with Gasteiger partial charge in [-0.25, -0.2) is 0 Å². The lowest BCUT2D eigenvalue weighted by molar-refractivity contribution is -0.140. The van der Waals surface area contributed by atoms with Crippen LogP contribution in [0.15, 0.2) is 0 Å². The number of nitrogens with zero attached hydrogens (tertiary/aromatic N) is 4. The molecule has 1 fully saturated rings. The third-order valence-electron chi connectivity index (χ3n) is 6.69. The lowest BCUT2D eigenvalue weighted by Crippen LogP contribution is -2.50. The van der Waals surface area contributed by atoms with Gasteiger partial charge in [0.15, 0.2) is 0 Å². The van der Waals surface area contributed by atoms with Gasteiger partial charge in [0, 0.05) is 65.4 Å². The zero-order valence-electron chi connectivity index (χ0n) is 27.3. The van der Waals surface area contributed by atoms with Crippen LogP contribution in [0.1, 0.15) is 0 Å². The lowest BCUT2D eigenvalue weighted by Gasteiger charge is -2.32. The highest BCUT2D eigenvalue weighted by Crippen LogP contribution is 2.01. The highest BCUT2D eigenvalue weighted by Gasteiger charge is 2.21. The van der Waals surface area contributed by atoms with Gasteiger partial charge in [-0.2, -0.15) is 0 Å². The van der Waals surface area contributed by atoms with Gasteiger partial charge in [0.25, 0.3) is 0 Å². The molecule has 1 aliphatic heterocycles. The third kappa shape index (κ3) is 27.4. The number of amides is 1. The summed E-state index contributed by atoms with van der Waals surface area (Å²) in [4.78, 5) is 53.8. The summed E-state index contributed by atoms with van der Waals surface area (Å²) >= 11 is 0. The molecule has 0 aliphatic carbocycles. The summed E-state index contributed by atoms with van der Waals surface area (Å²) in [6, 6.07) is 0. The molecule has 47 heavy (non-hydrogen) atoms. The Morgan fingerprint density at radius 1 is 0.489 bits per heavy atom. The molecule has 1 amide bonds. The van der Waals surface area contributed by atoms with E-state index in [1.807, 2.05) is 4.90 Å². The second-order valence-corrected chi connectivity index (χ2v) is 10.5. The average Bonchev–Trinajstić information content (AvgIpc) is 2.99. The summed E-state index contributed by atoms with van der Waals surface area (Å²) in [6.45, 7) is 7.16. The van der Waals surface area contributed by atoms with Gasteiger partial charge < -0.3 is 50.1 Å². The number of hydrogen-bond acceptors (Lipinski definition) is 14. The van der Waals surface area contributed by atoms with Crippen molar-refractivity contribution < 1.29 is 58.2 Å². The predicted octanol–water partition coefficient (Wildman–Crippen LogP) is -2.96. The number of nitrogens with two attached hydrogens (primary N) is 1. The minimum atomic E-state index is -1.02. The molecule has 0 saturated carbocycles. The molecule has 0 atom stereocenters. The summed E-state index contributed by atoms with van der Waals surface area (Å²) in [5.74, 6) is -3.26. The van der Waals surface area contributed by atoms with E-state index < -0.39 is 17.9 Å². The van der Waals surface area contributed by atoms with Crippen LogP contribution in [-0.2, 0) is 42.9 Å². The van der Waals surface area contributed by atoms with E-state index in [0.29, 0.717) is 132 Å². The van der Waals surface area contributed by atoms with Crippen LogP contribution in [-0.4, -0.2) is 216 Å². The van der Waals surface area contributed by atoms with Crippen molar-refractivity contribution in [1.82, 2.24) is 24.9 Å². The molecule has 0 bridgehead atoms. The standard InChI is InChI=1S/C28H54N6O12.ClH/c29-1-11-42-13-15-44-17-19-46-20-18-45-16-14-43-12-2-30-25(35)21-31-3-5-32(22-26(36)37)7-9-34(24-28(40)41)10-8-33(6-4-31)23-27(38)39;/h1-24,29H2,(H,30,35)(H,36,37)(H,38,39)(H,40,41);1H. The van der Waals surface area contributed by atoms with Crippen molar-refractivity contribution in [2.45, 2.75) is 0 Å². The number of hydrogen-bond donors (Lipinski definition) is 5. The number of ether oxygens (including phenoxy) is 5. The number of rotatable bonds is 25. The number of carbonyl (C=O) groups is 4. The molecule has 276 valence electrons. The summed E-state index contributed by atoms with van der Waals surface area (Å²) in [7, 11) is 0. The molecular formula is C28H55ClN6O12. The minimum Gasteiger partial charge on any atom is -0.480 e. The average molecular weight is 703 g/mol. The van der Waals surface area contributed by atoms with Gasteiger partial charge in [0.2, 0.25) is 5.91 Å². The molecule has 0 aromatic carbocycles. The van der Waals surface area contributed by atoms with E-state index in [1.54, 1.807) is 14.7 Å². The van der Waals surface area contributed by atoms with Gasteiger partial charge in [-0.15, -0.1) is 12.4 Å². The van der Waals surface area contributed by atoms with Crippen LogP contribution in [0.3, 0.4) is 0 Å². The van der Waals surface area contributed by atoms with Crippen LogP contribution in [0.2, 0.25) is 0 Å². The molecule has 0 spiro atoms. The van der Waals surface area contributed by atoms with Gasteiger partial charge in [0.1, 0.15) is 0 Å². The van der Waals surface area contributed by atoms with Crippen molar-refractivity contribution in [3.63, 3.8) is 0 Å². The lowest BCUT2D eigenvalue weighted by atomic mass is 10.3. The summed E-state index contributed by atoms with van der Waals surface area (Å²) < 4.78 is 26.9. The first-order valence-corrected chi connectivity index (χ1v) is 15.6. The molecule has 0 unspecified atom stereocenters. The van der Waals surface area contributed by atoms with E-state index in [-0.39, 0.29) is 44.5 Å². The van der Waals surface area contributed by atoms with Crippen LogP contribution >= 0.6 is 12.4 Å². The summed E-state index contributed by atoms with van der Waals surface area (Å²) in [6.07, 6.45) is 0. The largest absolute Gasteiger partial charge is 0.480 e. The number of nitrogens with one attached hydrogen (secondary N) is 1. The fourth-order valence-electron chi connectivity index (χ4n) is 4.37. The fourth-order valence-corrected chi connectivity index (χ4v) is 4.37. The Morgan fingerprint density at radius 2 is 0.766 bits per heavy atom. The van der Waals surface area contributed by atoms with Crippen LogP contribution in [0.5, 0.6) is 0 Å². The smallest absolute Gasteiger partial charge is 0.317 e. The maximum Gasteiger partial charge on any atom is 0.317 e. The molecule has 6 N–H and O–H groups in total. The molecule has 1 aliphatic rings. The molecule has 1 heterocycles. The minimum absolute atomic E-state index is 0. The molecule has 18 nitrogen and oxygen atoms in total. The van der Waals surface area contributed by atoms with Crippen LogP contribution in [0.4, 0.5) is 0 Å². The molecule has 0 aromatic heterocycles. The van der Waals surface area contributed by atoms with Gasteiger partial charge in [-0.1, -0.05) is 0 Å². The van der Waals surface area contributed by atoms with Crippen molar-refractivity contribution >= 4 is 36.2 Å². The zero-order chi connectivity index (χ0) is 33.8. The van der Waals surface area contributed by atoms with Crippen LogP contribution < -0.4 is 11.1 Å². The van der Waals surface area contributed by atoms with E-state index in [4.69, 9.17) is 29.4 Å². The van der Waals surface area contributed by atoms with Gasteiger partial charge in [0.05, 0.1) is 92.2 Å². The Morgan fingerprint density at radius 3 is 1.06 bits per heavy atom. The van der Waals surface area contributed by atoms with E-state index in [9.17, 15) is 34.5 Å². The summed E-state index contributed by atoms with van der Waals surface area (Å²) in [5, 5.41) is 30.8. The second-order valence-electron chi connectivity index (χ2n) is 10.5. The Kier molecular flexibility index (Phi) is 28.5. The predicted molar refractivity (Wildman–Crippen MR) is 172 cm³/mol. The SMILES string of the molecule is Cl.NCCOCCOCCOCCOCCOCCNC(=O)CN1CCN(CC(=O)O)CCN(CC(=O)O)CCN(CC(=O)O)CC1. The van der Waals surface area contributed by atoms with Crippen LogP contribution in [0, 0.1) is 0 Å². The Labute approximate surface area is 282 Å². The van der Waals surface area contributed by atoms with E-state index in [1.165, 1.54) is 0 Å². The molecule has 1 saturated heterocycles. The van der Waals surface area contributed by atoms with Gasteiger partial charge in [-0.05, 0) is 0 Å². The van der Waals surface area contributed by atoms with E-state index in [2.05, 4.69) is 5.32 Å². The zero-order valence-corrected chi connectivity index (χ0v) is 28.1. The van der Waals surface area contributed by atoms with Crippen molar-refractivity contribution in [2.24, 2.45) is 5.73 Å². The highest BCUT2D eigenvalue weighted by molar-refractivity contribution is 5.85. The monoisotopic (exact) mass is 702 g/mol. The highest BCUT2D eigenvalue weighted by atomic mass is 35.5. The van der Waals surface area contributed by atoms with Crippen molar-refractivity contribution in [3.8, 4) is 0 Å². The van der Waals surface area contributed by atoms with Crippen molar-refractivity contribution in [2.75, 3.05) is 158 Å². The molecule has 0 aromatic rings. The third-order valence-corrected chi connectivity index (χ3v) is 6.69. The van der Waals surface area contributed by atoms with E-state index >= 15 is 0 Å². The molecule has 19 heteroatoms. The maximum atomic E-state index is 12.7. The molecular weight excluding hydrogens is 648 g/mol. The molecule has 1 rings (SSSR count). The second kappa shape index (κ2) is 29.9.